The van der Waals surface area contributed by atoms with Crippen LogP contribution in [0.2, 0.25) is 0 Å². The predicted octanol–water partition coefficient (Wildman–Crippen LogP) is 2.70. The highest BCUT2D eigenvalue weighted by Crippen LogP contribution is 2.06. The molecule has 1 unspecified atom stereocenters. The van der Waals surface area contributed by atoms with Crippen molar-refractivity contribution in [1.29, 1.82) is 0 Å². The van der Waals surface area contributed by atoms with Crippen LogP contribution in [0.1, 0.15) is 18.1 Å². The normalized spacial score (nSPS) is 12.4. The van der Waals surface area contributed by atoms with Gasteiger partial charge in [-0.2, -0.15) is 0 Å². The lowest BCUT2D eigenvalue weighted by Gasteiger charge is -2.10. The Hall–Kier alpha value is -1.08. The van der Waals surface area contributed by atoms with Gasteiger partial charge in [0.1, 0.15) is 0 Å². The third-order valence-electron chi connectivity index (χ3n) is 2.48. The zero-order valence-corrected chi connectivity index (χ0v) is 9.09. The molecule has 0 aliphatic rings. The van der Waals surface area contributed by atoms with Crippen LogP contribution in [-0.4, -0.2) is 12.6 Å². The van der Waals surface area contributed by atoms with Crippen molar-refractivity contribution in [2.45, 2.75) is 26.3 Å². The Kier molecular flexibility index (Phi) is 4.41. The largest absolute Gasteiger partial charge is 0.310 e. The standard InChI is InChI=1S/C13H19N/c1-4-12(3)14-10-9-13-8-6-5-7-11(13)2/h4-8,12,14H,1,9-10H2,2-3H3. The topological polar surface area (TPSA) is 12.0 Å². The summed E-state index contributed by atoms with van der Waals surface area (Å²) in [6.07, 6.45) is 3.02. The molecule has 1 heteroatoms. The molecule has 14 heavy (non-hydrogen) atoms. The van der Waals surface area contributed by atoms with Gasteiger partial charge >= 0.3 is 0 Å². The molecule has 1 aromatic rings. The summed E-state index contributed by atoms with van der Waals surface area (Å²) in [7, 11) is 0. The van der Waals surface area contributed by atoms with Crippen LogP contribution >= 0.6 is 0 Å². The van der Waals surface area contributed by atoms with Gasteiger partial charge in [-0.25, -0.2) is 0 Å². The first kappa shape index (κ1) is 11.0. The lowest BCUT2D eigenvalue weighted by molar-refractivity contribution is 0.632. The van der Waals surface area contributed by atoms with E-state index in [1.54, 1.807) is 0 Å². The quantitative estimate of drug-likeness (QED) is 0.702. The van der Waals surface area contributed by atoms with E-state index in [-0.39, 0.29) is 0 Å². The molecule has 1 rings (SSSR count). The molecule has 0 saturated heterocycles. The number of hydrogen-bond acceptors (Lipinski definition) is 1. The lowest BCUT2D eigenvalue weighted by atomic mass is 10.1. The molecule has 0 saturated carbocycles. The van der Waals surface area contributed by atoms with Gasteiger partial charge < -0.3 is 5.32 Å². The van der Waals surface area contributed by atoms with Gasteiger partial charge in [-0.05, 0) is 37.9 Å². The molecule has 1 atom stereocenters. The van der Waals surface area contributed by atoms with Gasteiger partial charge in [-0.1, -0.05) is 30.3 Å². The van der Waals surface area contributed by atoms with Crippen molar-refractivity contribution < 1.29 is 0 Å². The maximum Gasteiger partial charge on any atom is 0.0219 e. The van der Waals surface area contributed by atoms with Gasteiger partial charge in [0.05, 0.1) is 0 Å². The Balaban J connectivity index is 2.38. The minimum absolute atomic E-state index is 0.402. The molecule has 0 amide bonds. The summed E-state index contributed by atoms with van der Waals surface area (Å²) in [5.74, 6) is 0. The molecule has 1 nitrogen and oxygen atoms in total. The number of nitrogens with one attached hydrogen (secondary N) is 1. The minimum Gasteiger partial charge on any atom is -0.310 e. The van der Waals surface area contributed by atoms with E-state index in [4.69, 9.17) is 0 Å². The summed E-state index contributed by atoms with van der Waals surface area (Å²) in [5, 5.41) is 3.39. The van der Waals surface area contributed by atoms with Crippen LogP contribution in [0, 0.1) is 6.92 Å². The van der Waals surface area contributed by atoms with Crippen LogP contribution in [-0.2, 0) is 6.42 Å². The summed E-state index contributed by atoms with van der Waals surface area (Å²) in [6.45, 7) is 9.03. The van der Waals surface area contributed by atoms with Crippen molar-refractivity contribution in [3.8, 4) is 0 Å². The summed E-state index contributed by atoms with van der Waals surface area (Å²) in [6, 6.07) is 8.93. The zero-order chi connectivity index (χ0) is 10.4. The second kappa shape index (κ2) is 5.61. The van der Waals surface area contributed by atoms with Crippen LogP contribution in [0.4, 0.5) is 0 Å². The second-order valence-corrected chi connectivity index (χ2v) is 3.65. The van der Waals surface area contributed by atoms with Crippen molar-refractivity contribution >= 4 is 0 Å². The fourth-order valence-corrected chi connectivity index (χ4v) is 1.41. The number of benzene rings is 1. The van der Waals surface area contributed by atoms with Gasteiger partial charge in [0.2, 0.25) is 0 Å². The van der Waals surface area contributed by atoms with Crippen LogP contribution in [0.3, 0.4) is 0 Å². The summed E-state index contributed by atoms with van der Waals surface area (Å²) < 4.78 is 0. The molecular formula is C13H19N. The van der Waals surface area contributed by atoms with Crippen molar-refractivity contribution in [2.24, 2.45) is 0 Å². The van der Waals surface area contributed by atoms with Gasteiger partial charge in [-0.3, -0.25) is 0 Å². The minimum atomic E-state index is 0.402. The van der Waals surface area contributed by atoms with Crippen molar-refractivity contribution in [1.82, 2.24) is 5.32 Å². The van der Waals surface area contributed by atoms with E-state index in [0.717, 1.165) is 13.0 Å². The van der Waals surface area contributed by atoms with Crippen LogP contribution in [0.5, 0.6) is 0 Å². The van der Waals surface area contributed by atoms with Crippen molar-refractivity contribution in [3.63, 3.8) is 0 Å². The second-order valence-electron chi connectivity index (χ2n) is 3.65. The highest BCUT2D eigenvalue weighted by molar-refractivity contribution is 5.25. The molecule has 1 aromatic carbocycles. The molecule has 0 aliphatic carbocycles. The third-order valence-corrected chi connectivity index (χ3v) is 2.48. The Morgan fingerprint density at radius 1 is 1.43 bits per heavy atom. The first-order valence-electron chi connectivity index (χ1n) is 5.14. The van der Waals surface area contributed by atoms with E-state index in [9.17, 15) is 0 Å². The smallest absolute Gasteiger partial charge is 0.0219 e. The lowest BCUT2D eigenvalue weighted by Crippen LogP contribution is -2.26. The molecule has 0 aromatic heterocycles. The van der Waals surface area contributed by atoms with Gasteiger partial charge in [-0.15, -0.1) is 6.58 Å². The summed E-state index contributed by atoms with van der Waals surface area (Å²) in [4.78, 5) is 0. The van der Waals surface area contributed by atoms with E-state index in [1.807, 2.05) is 6.08 Å². The molecular weight excluding hydrogens is 170 g/mol. The van der Waals surface area contributed by atoms with Crippen molar-refractivity contribution in [2.75, 3.05) is 6.54 Å². The van der Waals surface area contributed by atoms with Crippen LogP contribution in [0.25, 0.3) is 0 Å². The maximum atomic E-state index is 3.74. The van der Waals surface area contributed by atoms with E-state index in [2.05, 4.69) is 50.0 Å². The Morgan fingerprint density at radius 2 is 2.14 bits per heavy atom. The molecule has 0 radical (unpaired) electrons. The van der Waals surface area contributed by atoms with E-state index < -0.39 is 0 Å². The average molecular weight is 189 g/mol. The third kappa shape index (κ3) is 3.35. The molecule has 0 aliphatic heterocycles. The fraction of sp³-hybridized carbons (Fsp3) is 0.385. The van der Waals surface area contributed by atoms with E-state index >= 15 is 0 Å². The molecule has 0 bridgehead atoms. The Morgan fingerprint density at radius 3 is 2.79 bits per heavy atom. The first-order chi connectivity index (χ1) is 6.74. The average Bonchev–Trinajstić information content (AvgIpc) is 2.20. The van der Waals surface area contributed by atoms with Crippen LogP contribution < -0.4 is 5.32 Å². The highest BCUT2D eigenvalue weighted by Gasteiger charge is 1.97. The predicted molar refractivity (Wildman–Crippen MR) is 62.5 cm³/mol. The number of rotatable bonds is 5. The molecule has 76 valence electrons. The molecule has 0 spiro atoms. The van der Waals surface area contributed by atoms with E-state index in [0.29, 0.717) is 6.04 Å². The first-order valence-corrected chi connectivity index (χ1v) is 5.14. The highest BCUT2D eigenvalue weighted by atomic mass is 14.9. The summed E-state index contributed by atoms with van der Waals surface area (Å²) >= 11 is 0. The number of aryl methyl sites for hydroxylation is 1. The number of hydrogen-bond donors (Lipinski definition) is 1. The molecule has 1 N–H and O–H groups in total. The fourth-order valence-electron chi connectivity index (χ4n) is 1.41. The van der Waals surface area contributed by atoms with Crippen molar-refractivity contribution in [3.05, 3.63) is 48.0 Å². The molecule has 0 heterocycles. The Bertz CT molecular complexity index is 291. The van der Waals surface area contributed by atoms with Gasteiger partial charge in [0, 0.05) is 6.04 Å². The zero-order valence-electron chi connectivity index (χ0n) is 9.09. The van der Waals surface area contributed by atoms with Crippen LogP contribution in [0.15, 0.2) is 36.9 Å². The summed E-state index contributed by atoms with van der Waals surface area (Å²) in [5.41, 5.74) is 2.80. The Labute approximate surface area is 86.8 Å². The van der Waals surface area contributed by atoms with Gasteiger partial charge in [0.25, 0.3) is 0 Å². The SMILES string of the molecule is C=CC(C)NCCc1ccccc1C. The molecule has 0 fully saturated rings. The van der Waals surface area contributed by atoms with E-state index in [1.165, 1.54) is 11.1 Å². The van der Waals surface area contributed by atoms with Gasteiger partial charge in [0.15, 0.2) is 0 Å². The maximum absolute atomic E-state index is 3.74. The monoisotopic (exact) mass is 189 g/mol.